The number of aromatic hydroxyl groups is 1. The van der Waals surface area contributed by atoms with Crippen molar-refractivity contribution in [3.05, 3.63) is 41.7 Å². The number of ether oxygens (including phenoxy) is 1. The van der Waals surface area contributed by atoms with Gasteiger partial charge in [0.1, 0.15) is 5.69 Å². The van der Waals surface area contributed by atoms with E-state index < -0.39 is 0 Å². The summed E-state index contributed by atoms with van der Waals surface area (Å²) in [6.45, 7) is 2.27. The second kappa shape index (κ2) is 6.37. The normalized spacial score (nSPS) is 10.7. The first-order chi connectivity index (χ1) is 9.70. The lowest BCUT2D eigenvalue weighted by Crippen LogP contribution is -2.17. The molecule has 1 heterocycles. The Bertz CT molecular complexity index is 608. The molecule has 7 nitrogen and oxygen atoms in total. The van der Waals surface area contributed by atoms with Crippen LogP contribution in [-0.4, -0.2) is 34.0 Å². The first kappa shape index (κ1) is 13.6. The minimum absolute atomic E-state index is 0.0606. The molecule has 2 aromatic rings. The molecule has 0 saturated carbocycles. The topological polar surface area (TPSA) is 99.6 Å². The van der Waals surface area contributed by atoms with Gasteiger partial charge in [-0.3, -0.25) is 9.89 Å². The van der Waals surface area contributed by atoms with Crippen LogP contribution in [0.5, 0.6) is 11.5 Å². The van der Waals surface area contributed by atoms with Crippen molar-refractivity contribution in [3.63, 3.8) is 0 Å². The lowest BCUT2D eigenvalue weighted by atomic mass is 10.2. The summed E-state index contributed by atoms with van der Waals surface area (Å²) in [7, 11) is 0. The van der Waals surface area contributed by atoms with Crippen molar-refractivity contribution in [3.8, 4) is 11.5 Å². The van der Waals surface area contributed by atoms with Crippen molar-refractivity contribution < 1.29 is 14.6 Å². The quantitative estimate of drug-likeness (QED) is 0.564. The third-order valence-corrected chi connectivity index (χ3v) is 2.41. The molecule has 0 aliphatic rings. The third kappa shape index (κ3) is 3.35. The van der Waals surface area contributed by atoms with Gasteiger partial charge in [0, 0.05) is 6.20 Å². The largest absolute Gasteiger partial charge is 0.504 e. The van der Waals surface area contributed by atoms with Crippen molar-refractivity contribution in [2.45, 2.75) is 6.92 Å². The molecular weight excluding hydrogens is 260 g/mol. The predicted molar refractivity (Wildman–Crippen MR) is 72.9 cm³/mol. The molecule has 0 aliphatic carbocycles. The molecule has 20 heavy (non-hydrogen) atoms. The minimum Gasteiger partial charge on any atom is -0.504 e. The number of nitrogens with zero attached hydrogens (tertiary/aromatic N) is 2. The molecule has 0 unspecified atom stereocenters. The number of H-pyrrole nitrogens is 1. The number of carbonyl (C=O) groups excluding carboxylic acids is 1. The van der Waals surface area contributed by atoms with E-state index in [0.29, 0.717) is 23.6 Å². The van der Waals surface area contributed by atoms with Crippen molar-refractivity contribution in [2.24, 2.45) is 5.10 Å². The van der Waals surface area contributed by atoms with Crippen LogP contribution in [0, 0.1) is 0 Å². The van der Waals surface area contributed by atoms with Gasteiger partial charge in [-0.2, -0.15) is 10.2 Å². The second-order valence-electron chi connectivity index (χ2n) is 3.83. The molecule has 1 aromatic heterocycles. The summed E-state index contributed by atoms with van der Waals surface area (Å²) in [6.07, 6.45) is 2.93. The molecular formula is C13H14N4O3. The van der Waals surface area contributed by atoms with E-state index in [1.807, 2.05) is 6.92 Å². The van der Waals surface area contributed by atoms with Gasteiger partial charge < -0.3 is 9.84 Å². The Morgan fingerprint density at radius 3 is 3.10 bits per heavy atom. The number of amides is 1. The molecule has 1 amide bonds. The number of hydrogen-bond donors (Lipinski definition) is 3. The van der Waals surface area contributed by atoms with E-state index >= 15 is 0 Å². The van der Waals surface area contributed by atoms with Crippen LogP contribution in [0.2, 0.25) is 0 Å². The van der Waals surface area contributed by atoms with Gasteiger partial charge in [-0.05, 0) is 36.8 Å². The Kier molecular flexibility index (Phi) is 4.33. The van der Waals surface area contributed by atoms with Gasteiger partial charge in [-0.1, -0.05) is 0 Å². The number of carbonyl (C=O) groups is 1. The molecule has 0 fully saturated rings. The maximum Gasteiger partial charge on any atom is 0.289 e. The van der Waals surface area contributed by atoms with Gasteiger partial charge in [0.25, 0.3) is 5.91 Å². The van der Waals surface area contributed by atoms with Crippen molar-refractivity contribution >= 4 is 12.1 Å². The number of benzene rings is 1. The van der Waals surface area contributed by atoms with Gasteiger partial charge in [-0.15, -0.1) is 0 Å². The van der Waals surface area contributed by atoms with E-state index in [1.54, 1.807) is 18.2 Å². The van der Waals surface area contributed by atoms with Crippen LogP contribution in [0.25, 0.3) is 0 Å². The van der Waals surface area contributed by atoms with Crippen molar-refractivity contribution in [2.75, 3.05) is 6.61 Å². The Balaban J connectivity index is 2.01. The highest BCUT2D eigenvalue weighted by Gasteiger charge is 2.05. The molecule has 3 N–H and O–H groups in total. The number of aromatic amines is 1. The number of hydrazone groups is 1. The second-order valence-corrected chi connectivity index (χ2v) is 3.83. The van der Waals surface area contributed by atoms with Gasteiger partial charge in [0.2, 0.25) is 0 Å². The molecule has 0 saturated heterocycles. The Labute approximate surface area is 115 Å². The number of rotatable bonds is 5. The molecule has 0 bridgehead atoms. The first-order valence-corrected chi connectivity index (χ1v) is 5.99. The fourth-order valence-corrected chi connectivity index (χ4v) is 1.49. The average molecular weight is 274 g/mol. The van der Waals surface area contributed by atoms with E-state index in [-0.39, 0.29) is 11.7 Å². The lowest BCUT2D eigenvalue weighted by Gasteiger charge is -2.05. The highest BCUT2D eigenvalue weighted by atomic mass is 16.5. The molecule has 0 radical (unpaired) electrons. The number of phenols is 1. The van der Waals surface area contributed by atoms with Crippen molar-refractivity contribution in [1.82, 2.24) is 15.6 Å². The van der Waals surface area contributed by atoms with E-state index in [4.69, 9.17) is 4.74 Å². The molecule has 0 aliphatic heterocycles. The average Bonchev–Trinajstić information content (AvgIpc) is 2.96. The predicted octanol–water partition coefficient (Wildman–Crippen LogP) is 1.28. The van der Waals surface area contributed by atoms with Crippen LogP contribution in [0.1, 0.15) is 23.0 Å². The summed E-state index contributed by atoms with van der Waals surface area (Å²) >= 11 is 0. The summed E-state index contributed by atoms with van der Waals surface area (Å²) in [4.78, 5) is 11.6. The molecule has 7 heteroatoms. The molecule has 2 rings (SSSR count). The smallest absolute Gasteiger partial charge is 0.289 e. The Morgan fingerprint density at radius 1 is 1.55 bits per heavy atom. The zero-order chi connectivity index (χ0) is 14.4. The van der Waals surface area contributed by atoms with E-state index in [0.717, 1.165) is 0 Å². The highest BCUT2D eigenvalue weighted by molar-refractivity contribution is 5.93. The lowest BCUT2D eigenvalue weighted by molar-refractivity contribution is 0.0950. The minimum atomic E-state index is -0.387. The zero-order valence-corrected chi connectivity index (χ0v) is 10.8. The Morgan fingerprint density at radius 2 is 2.40 bits per heavy atom. The van der Waals surface area contributed by atoms with Crippen molar-refractivity contribution in [1.29, 1.82) is 0 Å². The van der Waals surface area contributed by atoms with Gasteiger partial charge >= 0.3 is 0 Å². The number of hydrogen-bond acceptors (Lipinski definition) is 5. The van der Waals surface area contributed by atoms with E-state index in [9.17, 15) is 9.90 Å². The van der Waals surface area contributed by atoms with E-state index in [2.05, 4.69) is 20.7 Å². The van der Waals surface area contributed by atoms with Crippen LogP contribution in [-0.2, 0) is 0 Å². The van der Waals surface area contributed by atoms with Gasteiger partial charge in [-0.25, -0.2) is 5.43 Å². The summed E-state index contributed by atoms with van der Waals surface area (Å²) in [6, 6.07) is 6.33. The number of nitrogens with one attached hydrogen (secondary N) is 2. The fourth-order valence-electron chi connectivity index (χ4n) is 1.49. The summed E-state index contributed by atoms with van der Waals surface area (Å²) in [5, 5.41) is 19.6. The molecule has 0 spiro atoms. The summed E-state index contributed by atoms with van der Waals surface area (Å²) in [5.74, 6) is 0.0457. The van der Waals surface area contributed by atoms with Gasteiger partial charge in [0.05, 0.1) is 12.8 Å². The van der Waals surface area contributed by atoms with Crippen LogP contribution in [0.4, 0.5) is 0 Å². The maximum atomic E-state index is 11.6. The fraction of sp³-hybridized carbons (Fsp3) is 0.154. The number of aromatic nitrogens is 2. The maximum absolute atomic E-state index is 11.6. The summed E-state index contributed by atoms with van der Waals surface area (Å²) in [5.41, 5.74) is 3.37. The monoisotopic (exact) mass is 274 g/mol. The SMILES string of the molecule is CCOc1cc(/C=N/NC(=O)c2ccn[nH]2)ccc1O. The van der Waals surface area contributed by atoms with Gasteiger partial charge in [0.15, 0.2) is 11.5 Å². The summed E-state index contributed by atoms with van der Waals surface area (Å²) < 4.78 is 5.25. The van der Waals surface area contributed by atoms with E-state index in [1.165, 1.54) is 18.5 Å². The first-order valence-electron chi connectivity index (χ1n) is 5.99. The van der Waals surface area contributed by atoms with Crippen LogP contribution in [0.15, 0.2) is 35.6 Å². The Hall–Kier alpha value is -2.83. The van der Waals surface area contributed by atoms with Crippen LogP contribution in [0.3, 0.4) is 0 Å². The standard InChI is InChI=1S/C13H14N4O3/c1-2-20-12-7-9(3-4-11(12)18)8-15-17-13(19)10-5-6-14-16-10/h3-8,18H,2H2,1H3,(H,14,16)(H,17,19)/b15-8+. The molecule has 1 aromatic carbocycles. The molecule has 0 atom stereocenters. The third-order valence-electron chi connectivity index (χ3n) is 2.41. The zero-order valence-electron chi connectivity index (χ0n) is 10.8. The highest BCUT2D eigenvalue weighted by Crippen LogP contribution is 2.26. The van der Waals surface area contributed by atoms with Crippen LogP contribution >= 0.6 is 0 Å². The van der Waals surface area contributed by atoms with Crippen LogP contribution < -0.4 is 10.2 Å². The number of phenolic OH excluding ortho intramolecular Hbond substituents is 1. The molecule has 104 valence electrons.